The number of rotatable bonds is 5. The Balaban J connectivity index is 3.02. The second-order valence-electron chi connectivity index (χ2n) is 3.33. The number of nitrogens with two attached hydrogens (primary N) is 2. The first-order valence-corrected chi connectivity index (χ1v) is 4.92. The summed E-state index contributed by atoms with van der Waals surface area (Å²) < 4.78 is 0. The van der Waals surface area contributed by atoms with Gasteiger partial charge in [0.1, 0.15) is 5.82 Å². The Morgan fingerprint density at radius 3 is 2.81 bits per heavy atom. The first kappa shape index (κ1) is 12.2. The van der Waals surface area contributed by atoms with Crippen LogP contribution < -0.4 is 21.9 Å². The zero-order valence-electron chi connectivity index (χ0n) is 9.40. The summed E-state index contributed by atoms with van der Waals surface area (Å²) in [6.45, 7) is 4.53. The Morgan fingerprint density at radius 1 is 1.62 bits per heavy atom. The van der Waals surface area contributed by atoms with Gasteiger partial charge in [-0.15, -0.1) is 0 Å². The fraction of sp³-hybridized carbons (Fsp3) is 0.444. The van der Waals surface area contributed by atoms with Gasteiger partial charge in [0, 0.05) is 18.3 Å². The predicted molar refractivity (Wildman–Crippen MR) is 61.7 cm³/mol. The van der Waals surface area contributed by atoms with E-state index in [2.05, 4.69) is 15.4 Å². The molecule has 0 aromatic carbocycles. The largest absolute Gasteiger partial charge is 0.368 e. The van der Waals surface area contributed by atoms with Gasteiger partial charge in [0.15, 0.2) is 0 Å². The molecule has 1 aromatic heterocycles. The summed E-state index contributed by atoms with van der Waals surface area (Å²) in [6.07, 6.45) is 1.64. The van der Waals surface area contributed by atoms with Crippen molar-refractivity contribution in [1.29, 1.82) is 0 Å². The van der Waals surface area contributed by atoms with Crippen molar-refractivity contribution in [3.63, 3.8) is 0 Å². The molecule has 0 unspecified atom stereocenters. The van der Waals surface area contributed by atoms with Crippen LogP contribution in [0.1, 0.15) is 12.5 Å². The van der Waals surface area contributed by atoms with E-state index in [4.69, 9.17) is 11.6 Å². The molecule has 1 aromatic rings. The number of amides is 1. The Bertz CT molecular complexity index is 380. The summed E-state index contributed by atoms with van der Waals surface area (Å²) in [6, 6.07) is 0. The van der Waals surface area contributed by atoms with Gasteiger partial charge < -0.3 is 10.6 Å². The van der Waals surface area contributed by atoms with Crippen molar-refractivity contribution < 1.29 is 4.79 Å². The highest BCUT2D eigenvalue weighted by molar-refractivity contribution is 5.79. The standard InChI is InChI=1S/C9H16N6O/c1-3-15(5-7(10)16)8-6(2)4-12-9(13-8)14-11/h4H,3,5,11H2,1-2H3,(H2,10,16)(H,12,13,14). The minimum absolute atomic E-state index is 0.123. The molecule has 16 heavy (non-hydrogen) atoms. The fourth-order valence-electron chi connectivity index (χ4n) is 1.35. The third-order valence-corrected chi connectivity index (χ3v) is 2.10. The lowest BCUT2D eigenvalue weighted by atomic mass is 10.3. The number of hydrogen-bond acceptors (Lipinski definition) is 6. The van der Waals surface area contributed by atoms with Gasteiger partial charge in [0.25, 0.3) is 0 Å². The van der Waals surface area contributed by atoms with E-state index in [1.165, 1.54) is 0 Å². The van der Waals surface area contributed by atoms with Gasteiger partial charge in [0.2, 0.25) is 11.9 Å². The smallest absolute Gasteiger partial charge is 0.239 e. The molecular formula is C9H16N6O. The maximum atomic E-state index is 10.9. The minimum atomic E-state index is -0.401. The van der Waals surface area contributed by atoms with Crippen LogP contribution in [0.4, 0.5) is 11.8 Å². The molecule has 0 aliphatic rings. The molecule has 1 heterocycles. The van der Waals surface area contributed by atoms with E-state index in [-0.39, 0.29) is 6.54 Å². The van der Waals surface area contributed by atoms with Crippen LogP contribution in [0, 0.1) is 6.92 Å². The van der Waals surface area contributed by atoms with Crippen LogP contribution in [0.2, 0.25) is 0 Å². The quantitative estimate of drug-likeness (QED) is 0.454. The number of hydrazine groups is 1. The van der Waals surface area contributed by atoms with Crippen LogP contribution in [0.25, 0.3) is 0 Å². The van der Waals surface area contributed by atoms with E-state index in [9.17, 15) is 4.79 Å². The van der Waals surface area contributed by atoms with Gasteiger partial charge in [-0.05, 0) is 13.8 Å². The van der Waals surface area contributed by atoms with Gasteiger partial charge in [-0.25, -0.2) is 10.8 Å². The number of nitrogen functional groups attached to an aromatic ring is 1. The Hall–Kier alpha value is -1.89. The highest BCUT2D eigenvalue weighted by Gasteiger charge is 2.12. The first-order valence-electron chi connectivity index (χ1n) is 4.92. The Kier molecular flexibility index (Phi) is 4.01. The number of nitrogens with zero attached hydrogens (tertiary/aromatic N) is 3. The van der Waals surface area contributed by atoms with E-state index >= 15 is 0 Å². The van der Waals surface area contributed by atoms with E-state index in [0.717, 1.165) is 5.56 Å². The van der Waals surface area contributed by atoms with Crippen LogP contribution in [0.15, 0.2) is 6.20 Å². The van der Waals surface area contributed by atoms with Crippen molar-refractivity contribution in [2.45, 2.75) is 13.8 Å². The van der Waals surface area contributed by atoms with E-state index in [1.54, 1.807) is 11.1 Å². The first-order chi connectivity index (χ1) is 7.58. The molecule has 0 saturated carbocycles. The molecule has 0 atom stereocenters. The number of nitrogens with one attached hydrogen (secondary N) is 1. The Labute approximate surface area is 93.8 Å². The average molecular weight is 224 g/mol. The molecule has 1 rings (SSSR count). The van der Waals surface area contributed by atoms with Crippen molar-refractivity contribution in [3.8, 4) is 0 Å². The number of likely N-dealkylation sites (N-methyl/N-ethyl adjacent to an activating group) is 1. The lowest BCUT2D eigenvalue weighted by Crippen LogP contribution is -2.34. The Morgan fingerprint density at radius 2 is 2.31 bits per heavy atom. The SMILES string of the molecule is CCN(CC(N)=O)c1nc(NN)ncc1C. The normalized spacial score (nSPS) is 9.94. The molecule has 7 heteroatoms. The second-order valence-corrected chi connectivity index (χ2v) is 3.33. The third kappa shape index (κ3) is 2.80. The maximum absolute atomic E-state index is 10.9. The molecule has 0 aliphatic carbocycles. The molecule has 88 valence electrons. The molecule has 0 bridgehead atoms. The van der Waals surface area contributed by atoms with E-state index in [1.807, 2.05) is 13.8 Å². The van der Waals surface area contributed by atoms with Crippen molar-refractivity contribution in [3.05, 3.63) is 11.8 Å². The van der Waals surface area contributed by atoms with Crippen molar-refractivity contribution in [2.24, 2.45) is 11.6 Å². The molecular weight excluding hydrogens is 208 g/mol. The van der Waals surface area contributed by atoms with Crippen molar-refractivity contribution >= 4 is 17.7 Å². The molecule has 1 amide bonds. The van der Waals surface area contributed by atoms with Crippen molar-refractivity contribution in [2.75, 3.05) is 23.4 Å². The molecule has 0 radical (unpaired) electrons. The molecule has 0 saturated heterocycles. The monoisotopic (exact) mass is 224 g/mol. The number of aromatic nitrogens is 2. The van der Waals surface area contributed by atoms with Gasteiger partial charge in [-0.2, -0.15) is 4.98 Å². The zero-order chi connectivity index (χ0) is 12.1. The van der Waals surface area contributed by atoms with Crippen LogP contribution in [0.5, 0.6) is 0 Å². The molecule has 5 N–H and O–H groups in total. The number of hydrogen-bond donors (Lipinski definition) is 3. The van der Waals surface area contributed by atoms with Gasteiger partial charge in [-0.1, -0.05) is 0 Å². The number of primary amides is 1. The zero-order valence-corrected chi connectivity index (χ0v) is 9.40. The highest BCUT2D eigenvalue weighted by atomic mass is 16.1. The number of aryl methyl sites for hydroxylation is 1. The van der Waals surface area contributed by atoms with E-state index in [0.29, 0.717) is 18.3 Å². The van der Waals surface area contributed by atoms with Gasteiger partial charge in [0.05, 0.1) is 6.54 Å². The summed E-state index contributed by atoms with van der Waals surface area (Å²) in [4.78, 5) is 20.8. The number of anilines is 2. The molecule has 0 aliphatic heterocycles. The second kappa shape index (κ2) is 5.26. The molecule has 0 fully saturated rings. The lowest BCUT2D eigenvalue weighted by Gasteiger charge is -2.22. The van der Waals surface area contributed by atoms with E-state index < -0.39 is 5.91 Å². The number of carbonyl (C=O) groups excluding carboxylic acids is 1. The van der Waals surface area contributed by atoms with Gasteiger partial charge in [-0.3, -0.25) is 10.2 Å². The lowest BCUT2D eigenvalue weighted by molar-refractivity contribution is -0.116. The summed E-state index contributed by atoms with van der Waals surface area (Å²) >= 11 is 0. The summed E-state index contributed by atoms with van der Waals surface area (Å²) in [5, 5.41) is 0. The third-order valence-electron chi connectivity index (χ3n) is 2.10. The topological polar surface area (TPSA) is 110 Å². The fourth-order valence-corrected chi connectivity index (χ4v) is 1.35. The average Bonchev–Trinajstić information content (AvgIpc) is 2.26. The predicted octanol–water partition coefficient (Wildman–Crippen LogP) is -0.618. The van der Waals surface area contributed by atoms with Gasteiger partial charge >= 0.3 is 0 Å². The van der Waals surface area contributed by atoms with Crippen LogP contribution >= 0.6 is 0 Å². The molecule has 0 spiro atoms. The number of carbonyl (C=O) groups is 1. The summed E-state index contributed by atoms with van der Waals surface area (Å²) in [5.41, 5.74) is 8.39. The maximum Gasteiger partial charge on any atom is 0.239 e. The van der Waals surface area contributed by atoms with Crippen LogP contribution in [0.3, 0.4) is 0 Å². The van der Waals surface area contributed by atoms with Crippen molar-refractivity contribution in [1.82, 2.24) is 9.97 Å². The summed E-state index contributed by atoms with van der Waals surface area (Å²) in [7, 11) is 0. The van der Waals surface area contributed by atoms with Crippen LogP contribution in [-0.2, 0) is 4.79 Å². The highest BCUT2D eigenvalue weighted by Crippen LogP contribution is 2.16. The minimum Gasteiger partial charge on any atom is -0.368 e. The molecule has 7 nitrogen and oxygen atoms in total. The summed E-state index contributed by atoms with van der Waals surface area (Å²) in [5.74, 6) is 5.79. The van der Waals surface area contributed by atoms with Crippen LogP contribution in [-0.4, -0.2) is 29.0 Å².